The van der Waals surface area contributed by atoms with E-state index in [4.69, 9.17) is 18.3 Å². The van der Waals surface area contributed by atoms with E-state index >= 15 is 0 Å². The summed E-state index contributed by atoms with van der Waals surface area (Å²) in [6, 6.07) is 1.05. The summed E-state index contributed by atoms with van der Waals surface area (Å²) in [7, 11) is -0.881. The second kappa shape index (κ2) is 12.3. The maximum Gasteiger partial charge on any atom is 0.376 e. The minimum Gasteiger partial charge on any atom is -0.544 e. The second-order valence-corrected chi connectivity index (χ2v) is 18.0. The fourth-order valence-corrected chi connectivity index (χ4v) is 6.30. The van der Waals surface area contributed by atoms with Gasteiger partial charge in [0.05, 0.1) is 14.2 Å². The zero-order valence-corrected chi connectivity index (χ0v) is 21.9. The Kier molecular flexibility index (Phi) is 10.9. The second-order valence-electron chi connectivity index (χ2n) is 9.32. The molecule has 8 heteroatoms. The smallest absolute Gasteiger partial charge is 0.376 e. The summed E-state index contributed by atoms with van der Waals surface area (Å²) in [5.74, 6) is 1.06. The van der Waals surface area contributed by atoms with Gasteiger partial charge in [-0.2, -0.15) is 0 Å². The van der Waals surface area contributed by atoms with Crippen LogP contribution in [-0.4, -0.2) is 42.6 Å². The molecule has 0 aromatic rings. The number of hydrogen-bond donors (Lipinski definition) is 0. The average Bonchev–Trinajstić information content (AvgIpc) is 3.03. The van der Waals surface area contributed by atoms with Gasteiger partial charge in [-0.05, 0) is 57.7 Å². The van der Waals surface area contributed by atoms with Crippen molar-refractivity contribution in [3.05, 3.63) is 23.4 Å². The molecular weight excluding hydrogens is 416 g/mol. The topological polar surface area (TPSA) is 71.1 Å². The third-order valence-electron chi connectivity index (χ3n) is 4.80. The number of Topliss-reactive ketones (excluding diaryl/α,β-unsaturated/α-hetero) is 1. The fraction of sp³-hybridized carbons (Fsp3) is 0.727. The molecule has 0 aliphatic heterocycles. The zero-order chi connectivity index (χ0) is 22.8. The molecule has 1 aliphatic carbocycles. The van der Waals surface area contributed by atoms with Crippen LogP contribution in [0, 0.1) is 0 Å². The van der Waals surface area contributed by atoms with Crippen LogP contribution in [0.3, 0.4) is 0 Å². The van der Waals surface area contributed by atoms with Gasteiger partial charge in [0.15, 0.2) is 5.78 Å². The molecule has 0 heterocycles. The molecule has 172 valence electrons. The molecule has 30 heavy (non-hydrogen) atoms. The molecule has 0 spiro atoms. The summed E-state index contributed by atoms with van der Waals surface area (Å²) in [5.41, 5.74) is 0. The Balaban J connectivity index is 2.40. The number of carbonyl (C=O) groups excluding carboxylic acids is 2. The molecule has 0 saturated heterocycles. The Hall–Kier alpha value is -1.55. The number of unbranched alkanes of at least 4 members (excludes halogenated alkanes) is 4. The Bertz CT molecular complexity index is 647. The summed E-state index contributed by atoms with van der Waals surface area (Å²) >= 11 is 0. The number of ketones is 1. The van der Waals surface area contributed by atoms with Gasteiger partial charge in [-0.3, -0.25) is 4.79 Å². The molecule has 0 unspecified atom stereocenters. The minimum atomic E-state index is -1.86. The maximum atomic E-state index is 12.0. The summed E-state index contributed by atoms with van der Waals surface area (Å²) < 4.78 is 22.3. The lowest BCUT2D eigenvalue weighted by Crippen LogP contribution is -2.30. The number of ether oxygens (including phenoxy) is 2. The summed E-state index contributed by atoms with van der Waals surface area (Å²) in [5, 5.41) is 0. The lowest BCUT2D eigenvalue weighted by Gasteiger charge is -2.24. The number of methoxy groups -OCH3 is 2. The van der Waals surface area contributed by atoms with Crippen LogP contribution in [0.5, 0.6) is 0 Å². The highest BCUT2D eigenvalue weighted by Crippen LogP contribution is 2.25. The molecule has 0 bridgehead atoms. The van der Waals surface area contributed by atoms with Gasteiger partial charge in [0.1, 0.15) is 11.5 Å². The maximum absolute atomic E-state index is 12.0. The van der Waals surface area contributed by atoms with E-state index in [9.17, 15) is 9.59 Å². The van der Waals surface area contributed by atoms with Crippen LogP contribution in [0.4, 0.5) is 0 Å². The first-order chi connectivity index (χ1) is 14.0. The van der Waals surface area contributed by atoms with Gasteiger partial charge in [-0.1, -0.05) is 25.7 Å². The molecule has 6 nitrogen and oxygen atoms in total. The van der Waals surface area contributed by atoms with E-state index in [-0.39, 0.29) is 11.5 Å². The first kappa shape index (κ1) is 26.5. The van der Waals surface area contributed by atoms with Crippen LogP contribution in [0.15, 0.2) is 23.4 Å². The molecule has 0 radical (unpaired) electrons. The Morgan fingerprint density at radius 2 is 1.60 bits per heavy atom. The lowest BCUT2D eigenvalue weighted by molar-refractivity contribution is -0.140. The molecule has 0 atom stereocenters. The first-order valence-corrected chi connectivity index (χ1v) is 17.5. The van der Waals surface area contributed by atoms with Crippen molar-refractivity contribution in [2.75, 3.05) is 14.2 Å². The first-order valence-electron chi connectivity index (χ1n) is 11.0. The van der Waals surface area contributed by atoms with Gasteiger partial charge in [-0.15, -0.1) is 0 Å². The van der Waals surface area contributed by atoms with Crippen molar-refractivity contribution in [1.82, 2.24) is 0 Å². The van der Waals surface area contributed by atoms with Crippen molar-refractivity contribution in [2.24, 2.45) is 0 Å². The molecule has 0 aromatic carbocycles. The van der Waals surface area contributed by atoms with Crippen molar-refractivity contribution in [2.45, 2.75) is 90.1 Å². The fourth-order valence-electron chi connectivity index (χ4n) is 3.37. The van der Waals surface area contributed by atoms with E-state index < -0.39 is 22.6 Å². The molecule has 0 N–H and O–H groups in total. The third-order valence-corrected chi connectivity index (χ3v) is 7.99. The predicted octanol–water partition coefficient (Wildman–Crippen LogP) is 5.68. The third kappa shape index (κ3) is 9.97. The van der Waals surface area contributed by atoms with E-state index in [2.05, 4.69) is 32.7 Å². The highest BCUT2D eigenvalue weighted by molar-refractivity contribution is 6.71. The number of allylic oxidation sites excluding steroid dienone is 3. The van der Waals surface area contributed by atoms with Gasteiger partial charge in [-0.25, -0.2) is 4.79 Å². The minimum absolute atomic E-state index is 0.155. The molecular formula is C22H40O6Si2. The number of esters is 1. The largest absolute Gasteiger partial charge is 0.544 e. The Morgan fingerprint density at radius 1 is 0.967 bits per heavy atom. The molecule has 1 aliphatic rings. The Morgan fingerprint density at radius 3 is 2.13 bits per heavy atom. The standard InChI is InChI=1S/C22H40O6Si2/c1-25-21(22(24)26-2)20(27-29(3,4)5)15-11-9-8-10-12-17-30(6,7)28-19-16-13-14-18(19)23/h16H,8-15,17H2,1-7H3/b21-20+. The number of carbonyl (C=O) groups is 2. The number of hydrogen-bond acceptors (Lipinski definition) is 6. The molecule has 0 amide bonds. The molecule has 1 rings (SSSR count). The zero-order valence-electron chi connectivity index (χ0n) is 19.9. The molecule has 0 aromatic heterocycles. The van der Waals surface area contributed by atoms with Gasteiger partial charge in [0.25, 0.3) is 0 Å². The highest BCUT2D eigenvalue weighted by atomic mass is 28.4. The van der Waals surface area contributed by atoms with Gasteiger partial charge in [0, 0.05) is 12.8 Å². The van der Waals surface area contributed by atoms with Crippen LogP contribution in [0.2, 0.25) is 38.8 Å². The normalized spacial score (nSPS) is 15.4. The van der Waals surface area contributed by atoms with Gasteiger partial charge < -0.3 is 18.3 Å². The van der Waals surface area contributed by atoms with Crippen molar-refractivity contribution < 1.29 is 27.9 Å². The lowest BCUT2D eigenvalue weighted by atomic mass is 10.1. The monoisotopic (exact) mass is 456 g/mol. The van der Waals surface area contributed by atoms with E-state index in [1.807, 2.05) is 6.08 Å². The molecule has 0 fully saturated rings. The van der Waals surface area contributed by atoms with E-state index in [1.165, 1.54) is 14.2 Å². The van der Waals surface area contributed by atoms with E-state index in [1.54, 1.807) is 0 Å². The molecule has 0 saturated carbocycles. The van der Waals surface area contributed by atoms with E-state index in [0.717, 1.165) is 44.6 Å². The van der Waals surface area contributed by atoms with Gasteiger partial charge in [0.2, 0.25) is 22.4 Å². The SMILES string of the molecule is COC(=O)/C(OC)=C(/CCCCCCC[Si](C)(C)OC1=CCCC1=O)O[Si](C)(C)C. The summed E-state index contributed by atoms with van der Waals surface area (Å²) in [6.45, 7) is 10.6. The van der Waals surface area contributed by atoms with Crippen molar-refractivity contribution in [3.8, 4) is 0 Å². The van der Waals surface area contributed by atoms with Crippen LogP contribution in [-0.2, 0) is 27.9 Å². The van der Waals surface area contributed by atoms with Gasteiger partial charge >= 0.3 is 5.97 Å². The quantitative estimate of drug-likeness (QED) is 0.110. The van der Waals surface area contributed by atoms with Crippen LogP contribution in [0.1, 0.15) is 51.4 Å². The van der Waals surface area contributed by atoms with Crippen LogP contribution < -0.4 is 0 Å². The average molecular weight is 457 g/mol. The van der Waals surface area contributed by atoms with Crippen molar-refractivity contribution in [3.63, 3.8) is 0 Å². The number of rotatable bonds is 14. The van der Waals surface area contributed by atoms with E-state index in [0.29, 0.717) is 24.4 Å². The summed E-state index contributed by atoms with van der Waals surface area (Å²) in [6.07, 6.45) is 9.37. The van der Waals surface area contributed by atoms with Crippen molar-refractivity contribution >= 4 is 28.4 Å². The summed E-state index contributed by atoms with van der Waals surface area (Å²) in [4.78, 5) is 23.7. The van der Waals surface area contributed by atoms with Crippen LogP contribution in [0.25, 0.3) is 0 Å². The van der Waals surface area contributed by atoms with Crippen molar-refractivity contribution in [1.29, 1.82) is 0 Å². The van der Waals surface area contributed by atoms with Crippen LogP contribution >= 0.6 is 0 Å². The predicted molar refractivity (Wildman–Crippen MR) is 124 cm³/mol. The Labute approximate surface area is 184 Å². The highest BCUT2D eigenvalue weighted by Gasteiger charge is 2.28.